The number of carbonyl (C=O) groups is 1. The Balaban J connectivity index is 1.35. The van der Waals surface area contributed by atoms with Crippen molar-refractivity contribution in [3.8, 4) is 5.75 Å². The number of sulfone groups is 1. The first kappa shape index (κ1) is 33.0. The van der Waals surface area contributed by atoms with Crippen LogP contribution in [0.15, 0.2) is 87.3 Å². The van der Waals surface area contributed by atoms with Crippen molar-refractivity contribution in [2.75, 3.05) is 25.1 Å². The van der Waals surface area contributed by atoms with Gasteiger partial charge < -0.3 is 4.74 Å². The van der Waals surface area contributed by atoms with E-state index >= 15 is 0 Å². The second-order valence-corrected chi connectivity index (χ2v) is 17.3. The van der Waals surface area contributed by atoms with Crippen LogP contribution in [-0.2, 0) is 36.6 Å². The van der Waals surface area contributed by atoms with Gasteiger partial charge in [-0.05, 0) is 79.9 Å². The lowest BCUT2D eigenvalue weighted by Gasteiger charge is -2.32. The first-order valence-electron chi connectivity index (χ1n) is 14.3. The van der Waals surface area contributed by atoms with Crippen molar-refractivity contribution in [1.29, 1.82) is 0 Å². The van der Waals surface area contributed by atoms with Gasteiger partial charge in [-0.3, -0.25) is 9.36 Å². The lowest BCUT2D eigenvalue weighted by Crippen LogP contribution is -2.45. The first-order chi connectivity index (χ1) is 21.8. The van der Waals surface area contributed by atoms with Gasteiger partial charge in [-0.1, -0.05) is 51.3 Å². The molecule has 3 heterocycles. The Morgan fingerprint density at radius 1 is 0.957 bits per heavy atom. The summed E-state index contributed by atoms with van der Waals surface area (Å²) in [6.45, 7) is 1.64. The average Bonchev–Trinajstić information content (AvgIpc) is 3.56. The Kier molecular flexibility index (Phi) is 8.79. The fourth-order valence-corrected chi connectivity index (χ4v) is 10.3. The number of halogens is 3. The van der Waals surface area contributed by atoms with Crippen LogP contribution in [-0.4, -0.2) is 62.0 Å². The molecule has 0 spiro atoms. The van der Waals surface area contributed by atoms with Crippen LogP contribution < -0.4 is 9.64 Å². The SMILES string of the molecule is COc1ccc(S(=O)(=O)C2CCN(S(=O)(=O)c3cnc4n3[C@](C)(Cc3ccc(Br)cc3)C(=O)N4c3cc(Cl)cc(Cl)c3)CC2)cc1. The van der Waals surface area contributed by atoms with Crippen molar-refractivity contribution < 1.29 is 26.4 Å². The minimum Gasteiger partial charge on any atom is -0.497 e. The van der Waals surface area contributed by atoms with Gasteiger partial charge >= 0.3 is 0 Å². The van der Waals surface area contributed by atoms with Crippen LogP contribution in [0.4, 0.5) is 11.6 Å². The number of benzene rings is 3. The first-order valence-corrected chi connectivity index (χ1v) is 18.8. The van der Waals surface area contributed by atoms with E-state index in [4.69, 9.17) is 27.9 Å². The van der Waals surface area contributed by atoms with E-state index in [0.29, 0.717) is 21.5 Å². The molecule has 1 aromatic heterocycles. The monoisotopic (exact) mass is 766 g/mol. The number of methoxy groups -OCH3 is 1. The summed E-state index contributed by atoms with van der Waals surface area (Å²) in [6.07, 6.45) is 1.63. The molecule has 46 heavy (non-hydrogen) atoms. The quantitative estimate of drug-likeness (QED) is 0.209. The molecular formula is C31H29BrCl2N4O6S2. The maximum Gasteiger partial charge on any atom is 0.260 e. The van der Waals surface area contributed by atoms with Gasteiger partial charge in [0.15, 0.2) is 14.9 Å². The Hall–Kier alpha value is -2.94. The summed E-state index contributed by atoms with van der Waals surface area (Å²) in [5.74, 6) is 0.243. The predicted octanol–water partition coefficient (Wildman–Crippen LogP) is 6.22. The van der Waals surface area contributed by atoms with Crippen molar-refractivity contribution in [2.24, 2.45) is 0 Å². The molecular weight excluding hydrogens is 739 g/mol. The fourth-order valence-electron chi connectivity index (χ4n) is 6.09. The topological polar surface area (TPSA) is 119 Å². The van der Waals surface area contributed by atoms with E-state index in [-0.39, 0.29) is 48.2 Å². The highest BCUT2D eigenvalue weighted by atomic mass is 79.9. The zero-order valence-corrected chi connectivity index (χ0v) is 29.5. The smallest absolute Gasteiger partial charge is 0.260 e. The third kappa shape index (κ3) is 5.75. The normalized spacial score (nSPS) is 19.4. The fraction of sp³-hybridized carbons (Fsp3) is 0.290. The van der Waals surface area contributed by atoms with E-state index in [1.807, 2.05) is 24.3 Å². The molecule has 1 fully saturated rings. The third-order valence-electron chi connectivity index (χ3n) is 8.47. The number of sulfonamides is 1. The van der Waals surface area contributed by atoms with E-state index in [0.717, 1.165) is 10.0 Å². The highest BCUT2D eigenvalue weighted by molar-refractivity contribution is 9.10. The molecule has 242 valence electrons. The number of hydrogen-bond acceptors (Lipinski definition) is 7. The summed E-state index contributed by atoms with van der Waals surface area (Å²) in [5, 5.41) is -0.316. The Morgan fingerprint density at radius 3 is 2.15 bits per heavy atom. The van der Waals surface area contributed by atoms with Crippen LogP contribution in [0.5, 0.6) is 5.75 Å². The van der Waals surface area contributed by atoms with Gasteiger partial charge in [0.2, 0.25) is 5.95 Å². The average molecular weight is 769 g/mol. The molecule has 0 bridgehead atoms. The number of ether oxygens (including phenoxy) is 1. The molecule has 0 unspecified atom stereocenters. The van der Waals surface area contributed by atoms with Crippen LogP contribution in [0.1, 0.15) is 25.3 Å². The molecule has 0 saturated carbocycles. The Labute approximate surface area is 286 Å². The molecule has 0 radical (unpaired) electrons. The molecule has 2 aliphatic heterocycles. The summed E-state index contributed by atoms with van der Waals surface area (Å²) >= 11 is 16.0. The summed E-state index contributed by atoms with van der Waals surface area (Å²) in [7, 11) is -6.42. The van der Waals surface area contributed by atoms with E-state index in [1.54, 1.807) is 31.2 Å². The van der Waals surface area contributed by atoms with Gasteiger partial charge in [-0.2, -0.15) is 4.31 Å². The van der Waals surface area contributed by atoms with Gasteiger partial charge in [0.25, 0.3) is 15.9 Å². The largest absolute Gasteiger partial charge is 0.497 e. The summed E-state index contributed by atoms with van der Waals surface area (Å²) in [4.78, 5) is 20.3. The lowest BCUT2D eigenvalue weighted by molar-refractivity contribution is -0.124. The molecule has 0 N–H and O–H groups in total. The number of carbonyl (C=O) groups excluding carboxylic acids is 1. The maximum atomic E-state index is 14.3. The van der Waals surface area contributed by atoms with Crippen LogP contribution in [0.2, 0.25) is 10.0 Å². The minimum atomic E-state index is -4.22. The lowest BCUT2D eigenvalue weighted by atomic mass is 9.92. The van der Waals surface area contributed by atoms with Crippen molar-refractivity contribution in [3.63, 3.8) is 0 Å². The molecule has 0 aliphatic carbocycles. The second kappa shape index (κ2) is 12.3. The standard InChI is InChI=1S/C31H29BrCl2N4O6S2/c1-31(18-20-3-5-21(32)6-4-20)29(39)37(24-16-22(33)15-23(34)17-24)30-35-19-28(38(30)31)46(42,43)36-13-11-27(12-14-36)45(40,41)26-9-7-25(44-2)8-10-26/h3-10,15-17,19,27H,11-14,18H2,1-2H3/t31-/m1/s1. The number of amides is 1. The van der Waals surface area contributed by atoms with Gasteiger partial charge in [-0.15, -0.1) is 0 Å². The molecule has 4 aromatic rings. The molecule has 6 rings (SSSR count). The van der Waals surface area contributed by atoms with Crippen molar-refractivity contribution in [3.05, 3.63) is 93.0 Å². The minimum absolute atomic E-state index is 0.0200. The highest BCUT2D eigenvalue weighted by Gasteiger charge is 2.52. The summed E-state index contributed by atoms with van der Waals surface area (Å²) in [5.41, 5.74) is -0.243. The Bertz CT molecular complexity index is 2010. The Morgan fingerprint density at radius 2 is 1.57 bits per heavy atom. The van der Waals surface area contributed by atoms with Gasteiger partial charge in [0.1, 0.15) is 11.3 Å². The van der Waals surface area contributed by atoms with Crippen molar-refractivity contribution in [2.45, 2.75) is 46.9 Å². The maximum absolute atomic E-state index is 14.3. The summed E-state index contributed by atoms with van der Waals surface area (Å²) in [6, 6.07) is 18.3. The van der Waals surface area contributed by atoms with Gasteiger partial charge in [0, 0.05) is 34.0 Å². The molecule has 1 atom stereocenters. The molecule has 10 nitrogen and oxygen atoms in total. The van der Waals surface area contributed by atoms with E-state index in [9.17, 15) is 21.6 Å². The van der Waals surface area contributed by atoms with Crippen LogP contribution in [0, 0.1) is 0 Å². The van der Waals surface area contributed by atoms with Crippen LogP contribution in [0.3, 0.4) is 0 Å². The predicted molar refractivity (Wildman–Crippen MR) is 179 cm³/mol. The number of aromatic nitrogens is 2. The van der Waals surface area contributed by atoms with Crippen LogP contribution in [0.25, 0.3) is 0 Å². The number of piperidine rings is 1. The van der Waals surface area contributed by atoms with Crippen molar-refractivity contribution >= 4 is 76.5 Å². The zero-order valence-electron chi connectivity index (χ0n) is 24.7. The third-order valence-corrected chi connectivity index (χ3v) is 13.6. The van der Waals surface area contributed by atoms with E-state index in [2.05, 4.69) is 20.9 Å². The zero-order chi connectivity index (χ0) is 33.0. The molecule has 15 heteroatoms. The molecule has 3 aromatic carbocycles. The number of hydrogen-bond donors (Lipinski definition) is 0. The number of anilines is 2. The van der Waals surface area contributed by atoms with E-state index in [1.165, 1.54) is 45.3 Å². The number of rotatable bonds is 8. The van der Waals surface area contributed by atoms with Gasteiger partial charge in [0.05, 0.1) is 29.1 Å². The number of nitrogens with zero attached hydrogens (tertiary/aromatic N) is 4. The second-order valence-electron chi connectivity index (χ2n) is 11.4. The van der Waals surface area contributed by atoms with E-state index < -0.39 is 36.6 Å². The number of fused-ring (bicyclic) bond motifs is 1. The highest BCUT2D eigenvalue weighted by Crippen LogP contribution is 2.45. The number of imidazole rings is 1. The molecule has 1 saturated heterocycles. The summed E-state index contributed by atoms with van der Waals surface area (Å²) < 4.78 is 64.0. The molecule has 2 aliphatic rings. The van der Waals surface area contributed by atoms with Crippen molar-refractivity contribution in [1.82, 2.24) is 13.9 Å². The van der Waals surface area contributed by atoms with Crippen LogP contribution >= 0.6 is 39.1 Å². The van der Waals surface area contributed by atoms with Gasteiger partial charge in [-0.25, -0.2) is 26.7 Å². The molecule has 1 amide bonds.